The van der Waals surface area contributed by atoms with E-state index in [0.717, 1.165) is 19.4 Å². The van der Waals surface area contributed by atoms with E-state index in [1.807, 2.05) is 26.1 Å². The third kappa shape index (κ3) is 8.78. The molecular weight excluding hydrogens is 511 g/mol. The lowest BCUT2D eigenvalue weighted by atomic mass is 10.0. The Labute approximate surface area is 226 Å². The second kappa shape index (κ2) is 14.4. The van der Waals surface area contributed by atoms with E-state index in [4.69, 9.17) is 21.1 Å². The Morgan fingerprint density at radius 2 is 2.00 bits per heavy atom. The summed E-state index contributed by atoms with van der Waals surface area (Å²) in [5.41, 5.74) is 1.92. The molecule has 1 aromatic heterocycles. The lowest BCUT2D eigenvalue weighted by molar-refractivity contribution is -0.141. The molecule has 1 heterocycles. The molecule has 0 saturated carbocycles. The number of aromatic nitrogens is 2. The molecule has 0 bridgehead atoms. The van der Waals surface area contributed by atoms with Gasteiger partial charge in [-0.1, -0.05) is 17.7 Å². The molecule has 0 aliphatic carbocycles. The molecule has 3 aromatic rings. The van der Waals surface area contributed by atoms with E-state index in [2.05, 4.69) is 20.2 Å². The third-order valence-electron chi connectivity index (χ3n) is 5.62. The molecule has 202 valence electrons. The molecule has 0 unspecified atom stereocenters. The van der Waals surface area contributed by atoms with E-state index in [9.17, 15) is 14.0 Å². The minimum absolute atomic E-state index is 0.00212. The number of benzene rings is 2. The molecular formula is C28H32ClFN4O4. The van der Waals surface area contributed by atoms with Crippen LogP contribution in [0.1, 0.15) is 32.3 Å². The van der Waals surface area contributed by atoms with Gasteiger partial charge in [-0.3, -0.25) is 9.59 Å². The van der Waals surface area contributed by atoms with Crippen LogP contribution in [0.4, 0.5) is 15.9 Å². The van der Waals surface area contributed by atoms with E-state index >= 15 is 0 Å². The molecule has 1 N–H and O–H groups in total. The summed E-state index contributed by atoms with van der Waals surface area (Å²) >= 11 is 5.92. The standard InChI is InChI=1S/C28H32ClFN4O4/c1-4-37-27-17-26-23(28(32-18-31-26)33-21-9-10-25(30)24(29)16-21)15-20(27)14-22(36)8-7-12-34(3)11-5-6-13-38-19(2)35/h7-10,15-18H,4-6,11-14H2,1-3H3,(H,31,32,33)/b8-7+. The summed E-state index contributed by atoms with van der Waals surface area (Å²) in [5.74, 6) is 0.244. The number of hydrogen-bond donors (Lipinski definition) is 1. The van der Waals surface area contributed by atoms with Gasteiger partial charge < -0.3 is 19.7 Å². The van der Waals surface area contributed by atoms with Crippen molar-refractivity contribution in [3.63, 3.8) is 0 Å². The van der Waals surface area contributed by atoms with E-state index in [1.54, 1.807) is 18.2 Å². The Bertz CT molecular complexity index is 1300. The number of nitrogens with zero attached hydrogens (tertiary/aromatic N) is 3. The normalized spacial score (nSPS) is 11.3. The minimum Gasteiger partial charge on any atom is -0.494 e. The molecule has 10 heteroatoms. The van der Waals surface area contributed by atoms with Crippen LogP contribution in [0.5, 0.6) is 5.75 Å². The number of likely N-dealkylation sites (N-methyl/N-ethyl adjacent to an activating group) is 1. The van der Waals surface area contributed by atoms with E-state index in [-0.39, 0.29) is 23.2 Å². The number of esters is 1. The van der Waals surface area contributed by atoms with E-state index in [0.29, 0.717) is 53.5 Å². The van der Waals surface area contributed by atoms with Gasteiger partial charge in [0.25, 0.3) is 0 Å². The highest BCUT2D eigenvalue weighted by atomic mass is 35.5. The molecule has 0 atom stereocenters. The van der Waals surface area contributed by atoms with Gasteiger partial charge in [-0.2, -0.15) is 0 Å². The second-order valence-electron chi connectivity index (χ2n) is 8.74. The molecule has 8 nitrogen and oxygen atoms in total. The molecule has 0 radical (unpaired) electrons. The number of allylic oxidation sites excluding steroid dienone is 1. The van der Waals surface area contributed by atoms with Crippen molar-refractivity contribution in [3.8, 4) is 5.75 Å². The van der Waals surface area contributed by atoms with Crippen molar-refractivity contribution in [1.82, 2.24) is 14.9 Å². The summed E-state index contributed by atoms with van der Waals surface area (Å²) in [6.45, 7) is 5.59. The third-order valence-corrected chi connectivity index (χ3v) is 5.91. The predicted octanol–water partition coefficient (Wildman–Crippen LogP) is 5.51. The first-order chi connectivity index (χ1) is 18.3. The Morgan fingerprint density at radius 3 is 2.74 bits per heavy atom. The number of carbonyl (C=O) groups excluding carboxylic acids is 2. The number of anilines is 2. The van der Waals surface area contributed by atoms with Crippen LogP contribution in [-0.4, -0.2) is 60.0 Å². The molecule has 38 heavy (non-hydrogen) atoms. The van der Waals surface area contributed by atoms with Crippen LogP contribution in [0.3, 0.4) is 0 Å². The summed E-state index contributed by atoms with van der Waals surface area (Å²) in [6, 6.07) is 7.95. The summed E-state index contributed by atoms with van der Waals surface area (Å²) in [5, 5.41) is 3.84. The highest BCUT2D eigenvalue weighted by molar-refractivity contribution is 6.31. The minimum atomic E-state index is -0.509. The monoisotopic (exact) mass is 542 g/mol. The first kappa shape index (κ1) is 29.0. The predicted molar refractivity (Wildman–Crippen MR) is 147 cm³/mol. The van der Waals surface area contributed by atoms with Crippen molar-refractivity contribution in [3.05, 3.63) is 65.2 Å². The SMILES string of the molecule is CCOc1cc2ncnc(Nc3ccc(F)c(Cl)c3)c2cc1CC(=O)/C=C/CN(C)CCCCOC(C)=O. The lowest BCUT2D eigenvalue weighted by Gasteiger charge is -2.14. The highest BCUT2D eigenvalue weighted by Crippen LogP contribution is 2.31. The molecule has 3 rings (SSSR count). The summed E-state index contributed by atoms with van der Waals surface area (Å²) in [4.78, 5) is 34.4. The van der Waals surface area contributed by atoms with Gasteiger partial charge in [-0.15, -0.1) is 0 Å². The fourth-order valence-corrected chi connectivity index (χ4v) is 3.95. The van der Waals surface area contributed by atoms with Crippen LogP contribution in [0.2, 0.25) is 5.02 Å². The van der Waals surface area contributed by atoms with Gasteiger partial charge >= 0.3 is 5.97 Å². The van der Waals surface area contributed by atoms with Crippen molar-refractivity contribution in [2.75, 3.05) is 38.7 Å². The average Bonchev–Trinajstić information content (AvgIpc) is 2.87. The van der Waals surface area contributed by atoms with Crippen LogP contribution in [-0.2, 0) is 20.7 Å². The topological polar surface area (TPSA) is 93.7 Å². The van der Waals surface area contributed by atoms with Crippen molar-refractivity contribution in [2.45, 2.75) is 33.1 Å². The zero-order valence-electron chi connectivity index (χ0n) is 21.8. The number of unbranched alkanes of at least 4 members (excludes halogenated alkanes) is 1. The first-order valence-corrected chi connectivity index (χ1v) is 12.8. The van der Waals surface area contributed by atoms with Crippen LogP contribution >= 0.6 is 11.6 Å². The fourth-order valence-electron chi connectivity index (χ4n) is 3.77. The maximum absolute atomic E-state index is 13.6. The Morgan fingerprint density at radius 1 is 1.18 bits per heavy atom. The van der Waals surface area contributed by atoms with Crippen molar-refractivity contribution < 1.29 is 23.5 Å². The summed E-state index contributed by atoms with van der Waals surface area (Å²) in [7, 11) is 1.97. The van der Waals surface area contributed by atoms with Crippen LogP contribution in [0.25, 0.3) is 10.9 Å². The Kier molecular flexibility index (Phi) is 11.0. The van der Waals surface area contributed by atoms with Crippen molar-refractivity contribution in [1.29, 1.82) is 0 Å². The summed E-state index contributed by atoms with van der Waals surface area (Å²) < 4.78 is 24.3. The fraction of sp³-hybridized carbons (Fsp3) is 0.357. The van der Waals surface area contributed by atoms with Gasteiger partial charge in [0.2, 0.25) is 0 Å². The van der Waals surface area contributed by atoms with Gasteiger partial charge in [0.15, 0.2) is 5.78 Å². The van der Waals surface area contributed by atoms with Crippen LogP contribution in [0.15, 0.2) is 48.8 Å². The lowest BCUT2D eigenvalue weighted by Crippen LogP contribution is -2.20. The van der Waals surface area contributed by atoms with Crippen LogP contribution < -0.4 is 10.1 Å². The zero-order chi connectivity index (χ0) is 27.5. The van der Waals surface area contributed by atoms with Gasteiger partial charge in [0, 0.05) is 42.6 Å². The number of hydrogen-bond acceptors (Lipinski definition) is 8. The molecule has 0 fully saturated rings. The van der Waals surface area contributed by atoms with E-state index in [1.165, 1.54) is 25.4 Å². The maximum atomic E-state index is 13.6. The number of nitrogens with one attached hydrogen (secondary N) is 1. The molecule has 0 amide bonds. The largest absolute Gasteiger partial charge is 0.494 e. The highest BCUT2D eigenvalue weighted by Gasteiger charge is 2.14. The summed E-state index contributed by atoms with van der Waals surface area (Å²) in [6.07, 6.45) is 6.67. The first-order valence-electron chi connectivity index (χ1n) is 12.4. The molecule has 0 aliphatic heterocycles. The Balaban J connectivity index is 1.69. The molecule has 0 spiro atoms. The number of ether oxygens (including phenoxy) is 2. The van der Waals surface area contributed by atoms with Gasteiger partial charge in [-0.05, 0) is 63.7 Å². The van der Waals surface area contributed by atoms with Crippen molar-refractivity contribution in [2.24, 2.45) is 0 Å². The zero-order valence-corrected chi connectivity index (χ0v) is 22.6. The number of carbonyl (C=O) groups is 2. The van der Waals surface area contributed by atoms with E-state index < -0.39 is 5.82 Å². The van der Waals surface area contributed by atoms with Gasteiger partial charge in [-0.25, -0.2) is 14.4 Å². The van der Waals surface area contributed by atoms with Gasteiger partial charge in [0.1, 0.15) is 23.7 Å². The number of rotatable bonds is 14. The van der Waals surface area contributed by atoms with Crippen molar-refractivity contribution >= 4 is 45.8 Å². The molecule has 2 aromatic carbocycles. The van der Waals surface area contributed by atoms with Gasteiger partial charge in [0.05, 0.1) is 23.8 Å². The smallest absolute Gasteiger partial charge is 0.302 e. The Hall–Kier alpha value is -3.56. The molecule has 0 aliphatic rings. The second-order valence-corrected chi connectivity index (χ2v) is 9.15. The van der Waals surface area contributed by atoms with Crippen LogP contribution in [0, 0.1) is 5.82 Å². The number of fused-ring (bicyclic) bond motifs is 1. The average molecular weight is 543 g/mol. The number of ketones is 1. The quantitative estimate of drug-likeness (QED) is 0.162. The molecule has 0 saturated heterocycles. The number of halogens is 2. The maximum Gasteiger partial charge on any atom is 0.302 e.